The quantitative estimate of drug-likeness (QED) is 0.694. The van der Waals surface area contributed by atoms with Crippen LogP contribution in [-0.4, -0.2) is 30.3 Å². The maximum absolute atomic E-state index is 11.7. The molecular weight excluding hydrogens is 186 g/mol. The Kier molecular flexibility index (Phi) is 5.03. The molecule has 1 rings (SSSR count). The van der Waals surface area contributed by atoms with Gasteiger partial charge in [-0.3, -0.25) is 4.79 Å². The highest BCUT2D eigenvalue weighted by atomic mass is 16.1. The predicted octanol–water partition coefficient (Wildman–Crippen LogP) is 2.79. The van der Waals surface area contributed by atoms with E-state index >= 15 is 0 Å². The first-order valence-electron chi connectivity index (χ1n) is 6.13. The van der Waals surface area contributed by atoms with Crippen LogP contribution in [-0.2, 0) is 4.79 Å². The van der Waals surface area contributed by atoms with Crippen molar-refractivity contribution in [1.82, 2.24) is 4.90 Å². The van der Waals surface area contributed by atoms with Gasteiger partial charge < -0.3 is 4.90 Å². The van der Waals surface area contributed by atoms with Crippen LogP contribution >= 0.6 is 0 Å². The van der Waals surface area contributed by atoms with Crippen LogP contribution in [0.4, 0.5) is 0 Å². The highest BCUT2D eigenvalue weighted by Gasteiger charge is 2.17. The van der Waals surface area contributed by atoms with Crippen LogP contribution in [0.3, 0.4) is 0 Å². The summed E-state index contributed by atoms with van der Waals surface area (Å²) in [6.07, 6.45) is 3.90. The normalized spacial score (nSPS) is 17.7. The summed E-state index contributed by atoms with van der Waals surface area (Å²) in [5.74, 6) is 0.394. The second-order valence-electron chi connectivity index (χ2n) is 4.31. The largest absolute Gasteiger partial charge is 0.304 e. The molecule has 0 aromatic heterocycles. The summed E-state index contributed by atoms with van der Waals surface area (Å²) in [7, 11) is 0. The average molecular weight is 209 g/mol. The van der Waals surface area contributed by atoms with E-state index in [0.717, 1.165) is 50.9 Å². The van der Waals surface area contributed by atoms with Crippen molar-refractivity contribution < 1.29 is 4.79 Å². The molecule has 0 bridgehead atoms. The fourth-order valence-electron chi connectivity index (χ4n) is 2.22. The molecule has 86 valence electrons. The van der Waals surface area contributed by atoms with Gasteiger partial charge in [0.2, 0.25) is 0 Å². The Hall–Kier alpha value is -0.630. The molecule has 0 amide bonds. The topological polar surface area (TPSA) is 20.3 Å². The number of Topliss-reactive ketones (excluding diaryl/α,β-unsaturated/α-hetero) is 1. The van der Waals surface area contributed by atoms with Crippen molar-refractivity contribution in [3.8, 4) is 0 Å². The van der Waals surface area contributed by atoms with Gasteiger partial charge in [-0.2, -0.15) is 0 Å². The van der Waals surface area contributed by atoms with Gasteiger partial charge in [-0.05, 0) is 44.8 Å². The number of hydrogen-bond acceptors (Lipinski definition) is 2. The van der Waals surface area contributed by atoms with Gasteiger partial charge in [0.15, 0.2) is 5.78 Å². The first-order chi connectivity index (χ1) is 7.19. The number of carbonyl (C=O) groups is 1. The third-order valence-corrected chi connectivity index (χ3v) is 3.38. The van der Waals surface area contributed by atoms with Crippen LogP contribution in [0.1, 0.15) is 46.5 Å². The molecule has 1 aliphatic rings. The molecular formula is C13H23NO. The van der Waals surface area contributed by atoms with Crippen LogP contribution in [0.5, 0.6) is 0 Å². The maximum Gasteiger partial charge on any atom is 0.158 e. The summed E-state index contributed by atoms with van der Waals surface area (Å²) in [6.45, 7) is 9.66. The van der Waals surface area contributed by atoms with E-state index in [1.165, 1.54) is 5.57 Å². The molecule has 0 saturated heterocycles. The Balaban J connectivity index is 2.52. The van der Waals surface area contributed by atoms with E-state index < -0.39 is 0 Å². The summed E-state index contributed by atoms with van der Waals surface area (Å²) < 4.78 is 0. The molecule has 0 aliphatic heterocycles. The Morgan fingerprint density at radius 3 is 2.40 bits per heavy atom. The minimum atomic E-state index is 0.394. The van der Waals surface area contributed by atoms with E-state index in [-0.39, 0.29) is 0 Å². The third-order valence-electron chi connectivity index (χ3n) is 3.38. The first-order valence-corrected chi connectivity index (χ1v) is 6.13. The first kappa shape index (κ1) is 12.4. The van der Waals surface area contributed by atoms with Gasteiger partial charge >= 0.3 is 0 Å². The second kappa shape index (κ2) is 6.06. The summed E-state index contributed by atoms with van der Waals surface area (Å²) >= 11 is 0. The monoisotopic (exact) mass is 209 g/mol. The van der Waals surface area contributed by atoms with Crippen molar-refractivity contribution in [2.24, 2.45) is 0 Å². The van der Waals surface area contributed by atoms with Gasteiger partial charge in [0.05, 0.1) is 0 Å². The van der Waals surface area contributed by atoms with E-state index in [9.17, 15) is 4.79 Å². The van der Waals surface area contributed by atoms with Crippen molar-refractivity contribution in [3.63, 3.8) is 0 Å². The number of rotatable bonds is 5. The number of ketones is 1. The minimum absolute atomic E-state index is 0.394. The molecule has 0 spiro atoms. The summed E-state index contributed by atoms with van der Waals surface area (Å²) in [5.41, 5.74) is 2.45. The van der Waals surface area contributed by atoms with Crippen molar-refractivity contribution in [2.45, 2.75) is 46.5 Å². The molecule has 2 nitrogen and oxygen atoms in total. The van der Waals surface area contributed by atoms with Crippen molar-refractivity contribution in [1.29, 1.82) is 0 Å². The fourth-order valence-corrected chi connectivity index (χ4v) is 2.22. The molecule has 0 aromatic carbocycles. The van der Waals surface area contributed by atoms with Crippen LogP contribution in [0.2, 0.25) is 0 Å². The zero-order chi connectivity index (χ0) is 11.3. The Morgan fingerprint density at radius 1 is 1.20 bits per heavy atom. The van der Waals surface area contributed by atoms with E-state index in [2.05, 4.69) is 25.7 Å². The fraction of sp³-hybridized carbons (Fsp3) is 0.769. The van der Waals surface area contributed by atoms with E-state index in [1.54, 1.807) is 0 Å². The average Bonchev–Trinajstić information content (AvgIpc) is 2.23. The lowest BCUT2D eigenvalue weighted by Gasteiger charge is -2.21. The molecule has 2 heteroatoms. The van der Waals surface area contributed by atoms with E-state index in [4.69, 9.17) is 0 Å². The molecule has 0 fully saturated rings. The minimum Gasteiger partial charge on any atom is -0.304 e. The SMILES string of the molecule is CCN(CC)CCC1=C(C)CCCC1=O. The molecule has 15 heavy (non-hydrogen) atoms. The smallest absolute Gasteiger partial charge is 0.158 e. The van der Waals surface area contributed by atoms with Gasteiger partial charge in [-0.1, -0.05) is 19.4 Å². The van der Waals surface area contributed by atoms with E-state index in [1.807, 2.05) is 0 Å². The predicted molar refractivity (Wildman–Crippen MR) is 64.0 cm³/mol. The molecule has 0 aromatic rings. The Bertz CT molecular complexity index is 251. The van der Waals surface area contributed by atoms with Crippen LogP contribution < -0.4 is 0 Å². The zero-order valence-electron chi connectivity index (χ0n) is 10.3. The van der Waals surface area contributed by atoms with Crippen molar-refractivity contribution >= 4 is 5.78 Å². The highest BCUT2D eigenvalue weighted by Crippen LogP contribution is 2.23. The number of carbonyl (C=O) groups excluding carboxylic acids is 1. The lowest BCUT2D eigenvalue weighted by atomic mass is 9.89. The number of hydrogen-bond donors (Lipinski definition) is 0. The molecule has 0 unspecified atom stereocenters. The standard InChI is InChI=1S/C13H23NO/c1-4-14(5-2)10-9-12-11(3)7-6-8-13(12)15/h4-10H2,1-3H3. The summed E-state index contributed by atoms with van der Waals surface area (Å²) in [4.78, 5) is 14.1. The molecule has 0 saturated carbocycles. The molecule has 0 heterocycles. The molecule has 0 radical (unpaired) electrons. The molecule has 0 N–H and O–H groups in total. The Labute approximate surface area is 93.3 Å². The van der Waals surface area contributed by atoms with Gasteiger partial charge in [0.1, 0.15) is 0 Å². The van der Waals surface area contributed by atoms with Crippen molar-refractivity contribution in [2.75, 3.05) is 19.6 Å². The van der Waals surface area contributed by atoms with Crippen molar-refractivity contribution in [3.05, 3.63) is 11.1 Å². The van der Waals surface area contributed by atoms with Gasteiger partial charge in [0, 0.05) is 13.0 Å². The van der Waals surface area contributed by atoms with E-state index in [0.29, 0.717) is 5.78 Å². The van der Waals surface area contributed by atoms with Gasteiger partial charge in [-0.25, -0.2) is 0 Å². The lowest BCUT2D eigenvalue weighted by Crippen LogP contribution is -2.25. The lowest BCUT2D eigenvalue weighted by molar-refractivity contribution is -0.116. The zero-order valence-corrected chi connectivity index (χ0v) is 10.3. The molecule has 0 atom stereocenters. The van der Waals surface area contributed by atoms with Crippen LogP contribution in [0, 0.1) is 0 Å². The van der Waals surface area contributed by atoms with Crippen LogP contribution in [0.15, 0.2) is 11.1 Å². The summed E-state index contributed by atoms with van der Waals surface area (Å²) in [6, 6.07) is 0. The van der Waals surface area contributed by atoms with Gasteiger partial charge in [0.25, 0.3) is 0 Å². The number of allylic oxidation sites excluding steroid dienone is 1. The highest BCUT2D eigenvalue weighted by molar-refractivity contribution is 5.96. The third kappa shape index (κ3) is 3.45. The van der Waals surface area contributed by atoms with Gasteiger partial charge in [-0.15, -0.1) is 0 Å². The van der Waals surface area contributed by atoms with Crippen LogP contribution in [0.25, 0.3) is 0 Å². The molecule has 1 aliphatic carbocycles. The summed E-state index contributed by atoms with van der Waals surface area (Å²) in [5, 5.41) is 0. The second-order valence-corrected chi connectivity index (χ2v) is 4.31. The Morgan fingerprint density at radius 2 is 1.87 bits per heavy atom. The number of nitrogens with zero attached hydrogens (tertiary/aromatic N) is 1. The maximum atomic E-state index is 11.7.